The molecular weight excluding hydrogens is 474 g/mol. The molecule has 0 unspecified atom stereocenters. The molecule has 1 aliphatic rings. The summed E-state index contributed by atoms with van der Waals surface area (Å²) in [7, 11) is 0. The molecule has 2 N–H and O–H groups in total. The quantitative estimate of drug-likeness (QED) is 0.413. The van der Waals surface area contributed by atoms with Gasteiger partial charge in [-0.05, 0) is 36.6 Å². The first-order chi connectivity index (χ1) is 16.4. The van der Waals surface area contributed by atoms with E-state index in [1.807, 2.05) is 31.2 Å². The van der Waals surface area contributed by atoms with E-state index in [0.29, 0.717) is 16.3 Å². The fraction of sp³-hybridized carbons (Fsp3) is 0.280. The Labute approximate surface area is 207 Å². The Morgan fingerprint density at radius 2 is 1.88 bits per heavy atom. The summed E-state index contributed by atoms with van der Waals surface area (Å²) in [4.78, 5) is 38.3. The number of carbonyl (C=O) groups excluding carboxylic acids is 3. The number of anilines is 1. The highest BCUT2D eigenvalue weighted by Gasteiger charge is 2.45. The molecule has 2 amide bonds. The van der Waals surface area contributed by atoms with Gasteiger partial charge in [-0.15, -0.1) is 0 Å². The Balaban J connectivity index is 1.91. The number of carbonyl (C=O) groups is 3. The van der Waals surface area contributed by atoms with Crippen LogP contribution in [0.3, 0.4) is 0 Å². The van der Waals surface area contributed by atoms with Crippen LogP contribution in [0.4, 0.5) is 5.69 Å². The van der Waals surface area contributed by atoms with Crippen molar-refractivity contribution in [3.63, 3.8) is 0 Å². The Morgan fingerprint density at radius 1 is 1.18 bits per heavy atom. The molecule has 3 rings (SSSR count). The number of allylic oxidation sites excluding steroid dienone is 1. The van der Waals surface area contributed by atoms with Crippen LogP contribution in [0.1, 0.15) is 30.9 Å². The molecular formula is C25H24ClN3O4S. The summed E-state index contributed by atoms with van der Waals surface area (Å²) in [6.07, 6.45) is 0.762. The van der Waals surface area contributed by atoms with E-state index < -0.39 is 23.7 Å². The summed E-state index contributed by atoms with van der Waals surface area (Å²) in [6.45, 7) is 3.72. The van der Waals surface area contributed by atoms with Gasteiger partial charge >= 0.3 is 5.97 Å². The molecule has 0 radical (unpaired) electrons. The van der Waals surface area contributed by atoms with E-state index in [2.05, 4.69) is 16.7 Å². The van der Waals surface area contributed by atoms with E-state index in [-0.39, 0.29) is 28.9 Å². The van der Waals surface area contributed by atoms with Crippen LogP contribution in [-0.4, -0.2) is 30.1 Å². The predicted molar refractivity (Wildman–Crippen MR) is 132 cm³/mol. The minimum absolute atomic E-state index is 0.0435. The Bertz CT molecular complexity index is 1170. The summed E-state index contributed by atoms with van der Waals surface area (Å²) < 4.78 is 5.11. The number of hydrogen-bond donors (Lipinski definition) is 2. The van der Waals surface area contributed by atoms with Crippen LogP contribution in [0.25, 0.3) is 0 Å². The number of nitriles is 1. The number of thioether (sulfide) groups is 1. The van der Waals surface area contributed by atoms with Crippen LogP contribution >= 0.6 is 23.4 Å². The number of nitrogens with one attached hydrogen (secondary N) is 2. The van der Waals surface area contributed by atoms with Crippen molar-refractivity contribution in [3.05, 3.63) is 75.3 Å². The van der Waals surface area contributed by atoms with Gasteiger partial charge in [-0.1, -0.05) is 66.7 Å². The van der Waals surface area contributed by atoms with E-state index in [1.54, 1.807) is 31.2 Å². The topological polar surface area (TPSA) is 108 Å². The predicted octanol–water partition coefficient (Wildman–Crippen LogP) is 4.40. The number of nitrogens with zero attached hydrogens (tertiary/aromatic N) is 1. The van der Waals surface area contributed by atoms with E-state index in [4.69, 9.17) is 16.3 Å². The molecule has 1 aliphatic heterocycles. The average Bonchev–Trinajstić information content (AvgIpc) is 2.83. The third-order valence-electron chi connectivity index (χ3n) is 5.33. The first kappa shape index (κ1) is 25.3. The molecule has 0 saturated heterocycles. The molecule has 0 fully saturated rings. The summed E-state index contributed by atoms with van der Waals surface area (Å²) >= 11 is 7.41. The van der Waals surface area contributed by atoms with Crippen molar-refractivity contribution in [1.82, 2.24) is 5.32 Å². The van der Waals surface area contributed by atoms with Crippen molar-refractivity contribution >= 4 is 46.8 Å². The maximum absolute atomic E-state index is 13.0. The van der Waals surface area contributed by atoms with Crippen LogP contribution in [-0.2, 0) is 25.5 Å². The van der Waals surface area contributed by atoms with E-state index in [9.17, 15) is 19.6 Å². The monoisotopic (exact) mass is 497 g/mol. The molecule has 176 valence electrons. The number of halogens is 1. The summed E-state index contributed by atoms with van der Waals surface area (Å²) in [5.41, 5.74) is 2.33. The molecule has 0 aromatic heterocycles. The highest BCUT2D eigenvalue weighted by Crippen LogP contribution is 2.42. The summed E-state index contributed by atoms with van der Waals surface area (Å²) in [5.74, 6) is -3.89. The van der Waals surface area contributed by atoms with Crippen LogP contribution < -0.4 is 10.6 Å². The molecule has 0 saturated carbocycles. The van der Waals surface area contributed by atoms with Crippen molar-refractivity contribution in [1.29, 1.82) is 5.26 Å². The van der Waals surface area contributed by atoms with E-state index in [1.165, 1.54) is 0 Å². The lowest BCUT2D eigenvalue weighted by molar-refractivity contribution is -0.152. The highest BCUT2D eigenvalue weighted by atomic mass is 35.5. The van der Waals surface area contributed by atoms with Crippen molar-refractivity contribution in [2.45, 2.75) is 26.2 Å². The SMILES string of the molecule is CCOC(=O)[C@@H]1C(=O)NC(SCC(=O)Nc2ccccc2CC)=C(C#N)[C@@H]1c1ccccc1Cl. The molecule has 1 heterocycles. The van der Waals surface area contributed by atoms with Gasteiger partial charge in [-0.2, -0.15) is 5.26 Å². The molecule has 2 aromatic rings. The first-order valence-corrected chi connectivity index (χ1v) is 12.1. The third kappa shape index (κ3) is 5.61. The maximum atomic E-state index is 13.0. The molecule has 7 nitrogen and oxygen atoms in total. The summed E-state index contributed by atoms with van der Waals surface area (Å²) in [5, 5.41) is 16.0. The van der Waals surface area contributed by atoms with Crippen molar-refractivity contribution in [2.75, 3.05) is 17.7 Å². The molecule has 2 atom stereocenters. The fourth-order valence-corrected chi connectivity index (χ4v) is 4.86. The van der Waals surface area contributed by atoms with Gasteiger partial charge in [0.2, 0.25) is 11.8 Å². The van der Waals surface area contributed by atoms with E-state index >= 15 is 0 Å². The van der Waals surface area contributed by atoms with Gasteiger partial charge in [-0.3, -0.25) is 14.4 Å². The van der Waals surface area contributed by atoms with Gasteiger partial charge in [0.05, 0.1) is 29.0 Å². The third-order valence-corrected chi connectivity index (χ3v) is 6.69. The Hall–Kier alpha value is -3.28. The minimum Gasteiger partial charge on any atom is -0.465 e. The Kier molecular flexibility index (Phi) is 8.74. The zero-order valence-corrected chi connectivity index (χ0v) is 20.3. The van der Waals surface area contributed by atoms with Gasteiger partial charge in [0.1, 0.15) is 5.92 Å². The smallest absolute Gasteiger partial charge is 0.319 e. The van der Waals surface area contributed by atoms with Crippen LogP contribution in [0.2, 0.25) is 5.02 Å². The lowest BCUT2D eigenvalue weighted by Gasteiger charge is -2.31. The molecule has 9 heteroatoms. The normalized spacial score (nSPS) is 17.5. The number of esters is 1. The lowest BCUT2D eigenvalue weighted by Crippen LogP contribution is -2.44. The molecule has 0 bridgehead atoms. The lowest BCUT2D eigenvalue weighted by atomic mass is 9.78. The molecule has 0 spiro atoms. The number of rotatable bonds is 8. The highest BCUT2D eigenvalue weighted by molar-refractivity contribution is 8.03. The average molecular weight is 498 g/mol. The number of benzene rings is 2. The van der Waals surface area contributed by atoms with Crippen LogP contribution in [0, 0.1) is 17.2 Å². The van der Waals surface area contributed by atoms with Gasteiger partial charge in [0, 0.05) is 16.6 Å². The van der Waals surface area contributed by atoms with Crippen molar-refractivity contribution < 1.29 is 19.1 Å². The van der Waals surface area contributed by atoms with Gasteiger partial charge in [-0.25, -0.2) is 0 Å². The standard InChI is InChI=1S/C25H24ClN3O4S/c1-3-15-9-5-8-12-19(15)28-20(30)14-34-24-17(13-27)21(16-10-6-7-11-18(16)26)22(23(31)29-24)25(32)33-4-2/h5-12,21-22H,3-4,14H2,1-2H3,(H,28,30)(H,29,31)/t21-,22-/m0/s1. The zero-order valence-electron chi connectivity index (χ0n) is 18.8. The summed E-state index contributed by atoms with van der Waals surface area (Å²) in [6, 6.07) is 16.4. The number of amides is 2. The second-order valence-corrected chi connectivity index (χ2v) is 8.81. The van der Waals surface area contributed by atoms with Crippen LogP contribution in [0.5, 0.6) is 0 Å². The fourth-order valence-electron chi connectivity index (χ4n) is 3.76. The second-order valence-electron chi connectivity index (χ2n) is 7.42. The first-order valence-electron chi connectivity index (χ1n) is 10.8. The number of aryl methyl sites for hydroxylation is 1. The molecule has 0 aliphatic carbocycles. The zero-order chi connectivity index (χ0) is 24.7. The number of hydrogen-bond acceptors (Lipinski definition) is 6. The van der Waals surface area contributed by atoms with E-state index in [0.717, 1.165) is 23.7 Å². The van der Waals surface area contributed by atoms with Crippen LogP contribution in [0.15, 0.2) is 59.1 Å². The number of ether oxygens (including phenoxy) is 1. The largest absolute Gasteiger partial charge is 0.465 e. The van der Waals surface area contributed by atoms with Crippen molar-refractivity contribution in [2.24, 2.45) is 5.92 Å². The Morgan fingerprint density at radius 3 is 2.56 bits per heavy atom. The molecule has 34 heavy (non-hydrogen) atoms. The van der Waals surface area contributed by atoms with Gasteiger partial charge < -0.3 is 15.4 Å². The van der Waals surface area contributed by atoms with Gasteiger partial charge in [0.25, 0.3) is 0 Å². The minimum atomic E-state index is -1.27. The van der Waals surface area contributed by atoms with Crippen molar-refractivity contribution in [3.8, 4) is 6.07 Å². The molecule has 2 aromatic carbocycles. The maximum Gasteiger partial charge on any atom is 0.319 e. The van der Waals surface area contributed by atoms with Gasteiger partial charge in [0.15, 0.2) is 0 Å². The number of para-hydroxylation sites is 1. The second kappa shape index (κ2) is 11.7.